The molecular weight excluding hydrogens is 444 g/mol. The third-order valence-corrected chi connectivity index (χ3v) is 6.06. The van der Waals surface area contributed by atoms with Crippen molar-refractivity contribution in [2.24, 2.45) is 0 Å². The van der Waals surface area contributed by atoms with Gasteiger partial charge in [0.1, 0.15) is 6.10 Å². The summed E-state index contributed by atoms with van der Waals surface area (Å²) < 4.78 is 16.8. The highest BCUT2D eigenvalue weighted by atomic mass is 16.5. The van der Waals surface area contributed by atoms with Gasteiger partial charge < -0.3 is 25.7 Å². The molecule has 1 aliphatic carbocycles. The van der Waals surface area contributed by atoms with Gasteiger partial charge in [0, 0.05) is 30.0 Å². The van der Waals surface area contributed by atoms with Crippen LogP contribution in [-0.2, 0) is 19.0 Å². The van der Waals surface area contributed by atoms with Crippen LogP contribution in [0.3, 0.4) is 0 Å². The van der Waals surface area contributed by atoms with Gasteiger partial charge in [-0.05, 0) is 79.6 Å². The van der Waals surface area contributed by atoms with E-state index in [1.807, 2.05) is 19.1 Å². The molecule has 0 spiro atoms. The number of benzene rings is 2. The van der Waals surface area contributed by atoms with Gasteiger partial charge in [-0.2, -0.15) is 0 Å². The first-order chi connectivity index (χ1) is 16.8. The zero-order chi connectivity index (χ0) is 25.2. The standard InChI is InChI=1S/C28H36N2O5/c1-3-14-33-25-9-11-26(12-10-25)35-28(32)21-7-4-20(5-8-21)6-13-27(31)34-18-19(2)22-15-23(29)17-24(30)16-22/h4-8,13,15-17,19,25-26H,3,9-12,14,18,29-30H2,1-2H3/b13-6+. The van der Waals surface area contributed by atoms with Crippen LogP contribution in [0.1, 0.15) is 73.4 Å². The lowest BCUT2D eigenvalue weighted by Crippen LogP contribution is -2.28. The molecule has 2 aromatic carbocycles. The summed E-state index contributed by atoms with van der Waals surface area (Å²) in [5.74, 6) is -0.813. The number of esters is 2. The van der Waals surface area contributed by atoms with Crippen molar-refractivity contribution < 1.29 is 23.8 Å². The fourth-order valence-electron chi connectivity index (χ4n) is 4.05. The molecule has 0 bridgehead atoms. The minimum absolute atomic E-state index is 0.0395. The number of carbonyl (C=O) groups excluding carboxylic acids is 2. The maximum atomic E-state index is 12.5. The molecule has 0 aliphatic heterocycles. The van der Waals surface area contributed by atoms with Crippen LogP contribution in [-0.4, -0.2) is 37.4 Å². The molecular formula is C28H36N2O5. The number of nitrogens with two attached hydrogens (primary N) is 2. The van der Waals surface area contributed by atoms with E-state index in [4.69, 9.17) is 25.7 Å². The van der Waals surface area contributed by atoms with Crippen LogP contribution in [0.15, 0.2) is 48.5 Å². The maximum absolute atomic E-state index is 12.5. The predicted molar refractivity (Wildman–Crippen MR) is 138 cm³/mol. The number of anilines is 2. The maximum Gasteiger partial charge on any atom is 0.338 e. The van der Waals surface area contributed by atoms with Crippen molar-refractivity contribution in [2.45, 2.75) is 64.1 Å². The Bertz CT molecular complexity index is 990. The van der Waals surface area contributed by atoms with Crippen LogP contribution in [0.5, 0.6) is 0 Å². The topological polar surface area (TPSA) is 114 Å². The molecule has 0 saturated heterocycles. The lowest BCUT2D eigenvalue weighted by Gasteiger charge is -2.28. The SMILES string of the molecule is CCCOC1CCC(OC(=O)c2ccc(/C=C/C(=O)OCC(C)c3cc(N)cc(N)c3)cc2)CC1. The summed E-state index contributed by atoms with van der Waals surface area (Å²) in [7, 11) is 0. The van der Waals surface area contributed by atoms with Crippen LogP contribution >= 0.6 is 0 Å². The molecule has 35 heavy (non-hydrogen) atoms. The third kappa shape index (κ3) is 8.44. The van der Waals surface area contributed by atoms with E-state index in [9.17, 15) is 9.59 Å². The number of rotatable bonds is 10. The Balaban J connectivity index is 1.43. The van der Waals surface area contributed by atoms with E-state index in [0.29, 0.717) is 16.9 Å². The fourth-order valence-corrected chi connectivity index (χ4v) is 4.05. The van der Waals surface area contributed by atoms with E-state index in [-0.39, 0.29) is 30.7 Å². The van der Waals surface area contributed by atoms with E-state index in [1.54, 1.807) is 36.4 Å². The smallest absolute Gasteiger partial charge is 0.338 e. The van der Waals surface area contributed by atoms with Gasteiger partial charge in [0.25, 0.3) is 0 Å². The zero-order valence-corrected chi connectivity index (χ0v) is 20.6. The van der Waals surface area contributed by atoms with E-state index in [2.05, 4.69) is 6.92 Å². The van der Waals surface area contributed by atoms with Gasteiger partial charge in [0.2, 0.25) is 0 Å². The van der Waals surface area contributed by atoms with Crippen LogP contribution in [0.4, 0.5) is 11.4 Å². The lowest BCUT2D eigenvalue weighted by molar-refractivity contribution is -0.138. The van der Waals surface area contributed by atoms with Crippen LogP contribution in [0, 0.1) is 0 Å². The first kappa shape index (κ1) is 26.3. The van der Waals surface area contributed by atoms with Crippen molar-refractivity contribution in [1.82, 2.24) is 0 Å². The number of hydrogen-bond acceptors (Lipinski definition) is 7. The molecule has 4 N–H and O–H groups in total. The normalized spacial score (nSPS) is 18.8. The van der Waals surface area contributed by atoms with Crippen LogP contribution < -0.4 is 11.5 Å². The summed E-state index contributed by atoms with van der Waals surface area (Å²) in [4.78, 5) is 24.6. The Morgan fingerprint density at radius 3 is 2.26 bits per heavy atom. The fraction of sp³-hybridized carbons (Fsp3) is 0.429. The van der Waals surface area contributed by atoms with E-state index in [0.717, 1.165) is 49.8 Å². The van der Waals surface area contributed by atoms with E-state index >= 15 is 0 Å². The molecule has 7 nitrogen and oxygen atoms in total. The molecule has 3 rings (SSSR count). The predicted octanol–water partition coefficient (Wildman–Crippen LogP) is 5.11. The molecule has 1 unspecified atom stereocenters. The molecule has 1 saturated carbocycles. The second-order valence-corrected chi connectivity index (χ2v) is 9.09. The Kier molecular flexibility index (Phi) is 9.73. The number of ether oxygens (including phenoxy) is 3. The summed E-state index contributed by atoms with van der Waals surface area (Å²) in [6.45, 7) is 5.03. The van der Waals surface area contributed by atoms with Crippen molar-refractivity contribution >= 4 is 29.4 Å². The second kappa shape index (κ2) is 13.0. The van der Waals surface area contributed by atoms with Crippen molar-refractivity contribution in [1.29, 1.82) is 0 Å². The van der Waals surface area contributed by atoms with Crippen LogP contribution in [0.25, 0.3) is 6.08 Å². The Morgan fingerprint density at radius 2 is 1.63 bits per heavy atom. The number of hydrogen-bond donors (Lipinski definition) is 2. The first-order valence-electron chi connectivity index (χ1n) is 12.3. The highest BCUT2D eigenvalue weighted by Gasteiger charge is 2.24. The van der Waals surface area contributed by atoms with Gasteiger partial charge >= 0.3 is 11.9 Å². The third-order valence-electron chi connectivity index (χ3n) is 6.06. The molecule has 1 atom stereocenters. The van der Waals surface area contributed by atoms with Gasteiger partial charge in [-0.3, -0.25) is 0 Å². The van der Waals surface area contributed by atoms with Gasteiger partial charge in [-0.1, -0.05) is 26.0 Å². The molecule has 1 aliphatic rings. The highest BCUT2D eigenvalue weighted by molar-refractivity contribution is 5.90. The largest absolute Gasteiger partial charge is 0.462 e. The number of nitrogen functional groups attached to an aromatic ring is 2. The van der Waals surface area contributed by atoms with Gasteiger partial charge in [-0.25, -0.2) is 9.59 Å². The van der Waals surface area contributed by atoms with Crippen molar-refractivity contribution in [3.8, 4) is 0 Å². The molecule has 0 amide bonds. The van der Waals surface area contributed by atoms with Crippen molar-refractivity contribution in [3.05, 3.63) is 65.2 Å². The summed E-state index contributed by atoms with van der Waals surface area (Å²) in [6.07, 6.45) is 7.74. The average molecular weight is 481 g/mol. The van der Waals surface area contributed by atoms with Gasteiger partial charge in [0.15, 0.2) is 0 Å². The molecule has 2 aromatic rings. The summed E-state index contributed by atoms with van der Waals surface area (Å²) >= 11 is 0. The Morgan fingerprint density at radius 1 is 1.00 bits per heavy atom. The molecule has 0 heterocycles. The van der Waals surface area contributed by atoms with Crippen LogP contribution in [0.2, 0.25) is 0 Å². The minimum atomic E-state index is -0.448. The van der Waals surface area contributed by atoms with Crippen molar-refractivity contribution in [3.63, 3.8) is 0 Å². The quantitative estimate of drug-likeness (QED) is 0.276. The molecule has 1 fully saturated rings. The summed E-state index contributed by atoms with van der Waals surface area (Å²) in [5.41, 5.74) is 15.0. The minimum Gasteiger partial charge on any atom is -0.462 e. The average Bonchev–Trinajstić information content (AvgIpc) is 2.85. The van der Waals surface area contributed by atoms with E-state index in [1.165, 1.54) is 6.08 Å². The zero-order valence-electron chi connectivity index (χ0n) is 20.6. The first-order valence-corrected chi connectivity index (χ1v) is 12.3. The van der Waals surface area contributed by atoms with Crippen molar-refractivity contribution in [2.75, 3.05) is 24.7 Å². The second-order valence-electron chi connectivity index (χ2n) is 9.09. The number of carbonyl (C=O) groups is 2. The molecule has 0 aromatic heterocycles. The molecule has 188 valence electrons. The molecule has 7 heteroatoms. The summed E-state index contributed by atoms with van der Waals surface area (Å²) in [5, 5.41) is 0. The molecule has 0 radical (unpaired) electrons. The summed E-state index contributed by atoms with van der Waals surface area (Å²) in [6, 6.07) is 12.3. The Hall–Kier alpha value is -3.32. The monoisotopic (exact) mass is 480 g/mol. The van der Waals surface area contributed by atoms with Gasteiger partial charge in [0.05, 0.1) is 18.3 Å². The van der Waals surface area contributed by atoms with Gasteiger partial charge in [-0.15, -0.1) is 0 Å². The highest BCUT2D eigenvalue weighted by Crippen LogP contribution is 2.25. The Labute approximate surface area is 207 Å². The lowest BCUT2D eigenvalue weighted by atomic mass is 9.95. The van der Waals surface area contributed by atoms with E-state index < -0.39 is 5.97 Å².